The molecule has 4 N–H and O–H groups in total. The van der Waals surface area contributed by atoms with Gasteiger partial charge in [0.1, 0.15) is 22.6 Å². The molecule has 6 rings (SSSR count). The van der Waals surface area contributed by atoms with Crippen molar-refractivity contribution in [3.63, 3.8) is 0 Å². The van der Waals surface area contributed by atoms with Gasteiger partial charge in [0.05, 0.1) is 33.0 Å². The van der Waals surface area contributed by atoms with Crippen LogP contribution in [0.3, 0.4) is 0 Å². The van der Waals surface area contributed by atoms with Crippen molar-refractivity contribution in [1.29, 1.82) is 0 Å². The Kier molecular flexibility index (Phi) is 13.4. The SMILES string of the molecule is CCOC(=O)C1(N)Cc2ccccc2C1.CCOC(=O)C1(NC(=O)c2cccc(OC)c2C)Cc2ccccc2C1.COc1cccc(C(=O)O)c1C. The molecule has 11 nitrogen and oxygen atoms in total. The number of ether oxygens (including phenoxy) is 4. The summed E-state index contributed by atoms with van der Waals surface area (Å²) in [7, 11) is 3.09. The molecule has 53 heavy (non-hydrogen) atoms. The molecule has 1 amide bonds. The summed E-state index contributed by atoms with van der Waals surface area (Å²) in [5.74, 6) is -0.674. The largest absolute Gasteiger partial charge is 0.496 e. The van der Waals surface area contributed by atoms with Crippen LogP contribution in [0.5, 0.6) is 11.5 Å². The number of methoxy groups -OCH3 is 2. The molecule has 0 aliphatic heterocycles. The van der Waals surface area contributed by atoms with Crippen LogP contribution in [0.1, 0.15) is 67.9 Å². The molecule has 0 atom stereocenters. The topological polar surface area (TPSA) is 163 Å². The van der Waals surface area contributed by atoms with Gasteiger partial charge in [0.15, 0.2) is 0 Å². The summed E-state index contributed by atoms with van der Waals surface area (Å²) in [5, 5.41) is 11.7. The van der Waals surface area contributed by atoms with Gasteiger partial charge >= 0.3 is 17.9 Å². The fraction of sp³-hybridized carbons (Fsp3) is 0.333. The Hall–Kier alpha value is -5.68. The minimum Gasteiger partial charge on any atom is -0.496 e. The highest BCUT2D eigenvalue weighted by Crippen LogP contribution is 2.33. The van der Waals surface area contributed by atoms with Crippen molar-refractivity contribution in [2.24, 2.45) is 5.73 Å². The number of hydrogen-bond donors (Lipinski definition) is 3. The van der Waals surface area contributed by atoms with Gasteiger partial charge in [-0.05, 0) is 74.2 Å². The van der Waals surface area contributed by atoms with Crippen LogP contribution >= 0.6 is 0 Å². The molecule has 4 aromatic rings. The molecule has 2 aliphatic carbocycles. The molecule has 2 aliphatic rings. The smallest absolute Gasteiger partial charge is 0.336 e. The third kappa shape index (κ3) is 9.22. The van der Waals surface area contributed by atoms with Gasteiger partial charge < -0.3 is 35.1 Å². The first-order chi connectivity index (χ1) is 25.3. The molecule has 280 valence electrons. The zero-order valence-electron chi connectivity index (χ0n) is 31.1. The van der Waals surface area contributed by atoms with Crippen LogP contribution in [0.15, 0.2) is 84.9 Å². The van der Waals surface area contributed by atoms with Gasteiger partial charge in [-0.3, -0.25) is 9.59 Å². The number of amides is 1. The second-order valence-electron chi connectivity index (χ2n) is 12.9. The number of esters is 2. The van der Waals surface area contributed by atoms with Crippen molar-refractivity contribution in [2.75, 3.05) is 27.4 Å². The molecule has 0 spiro atoms. The van der Waals surface area contributed by atoms with Crippen LogP contribution in [0.2, 0.25) is 0 Å². The Morgan fingerprint density at radius 2 is 1.06 bits per heavy atom. The molecule has 0 bridgehead atoms. The van der Waals surface area contributed by atoms with Crippen molar-refractivity contribution in [3.8, 4) is 11.5 Å². The highest BCUT2D eigenvalue weighted by atomic mass is 16.5. The lowest BCUT2D eigenvalue weighted by Gasteiger charge is -2.28. The van der Waals surface area contributed by atoms with E-state index in [0.29, 0.717) is 54.9 Å². The third-order valence-corrected chi connectivity index (χ3v) is 9.42. The highest BCUT2D eigenvalue weighted by molar-refractivity contribution is 6.00. The molecule has 0 saturated heterocycles. The van der Waals surface area contributed by atoms with Crippen LogP contribution in [0.25, 0.3) is 0 Å². The van der Waals surface area contributed by atoms with E-state index in [-0.39, 0.29) is 24.0 Å². The van der Waals surface area contributed by atoms with E-state index in [9.17, 15) is 19.2 Å². The van der Waals surface area contributed by atoms with Crippen LogP contribution in [-0.2, 0) is 44.7 Å². The Labute approximate surface area is 310 Å². The Morgan fingerprint density at radius 1 is 0.642 bits per heavy atom. The van der Waals surface area contributed by atoms with Crippen LogP contribution in [-0.4, -0.2) is 67.4 Å². The summed E-state index contributed by atoms with van der Waals surface area (Å²) in [4.78, 5) is 48.1. The van der Waals surface area contributed by atoms with E-state index in [1.165, 1.54) is 7.11 Å². The van der Waals surface area contributed by atoms with Gasteiger partial charge in [0.25, 0.3) is 5.91 Å². The lowest BCUT2D eigenvalue weighted by Crippen LogP contribution is -2.56. The van der Waals surface area contributed by atoms with Crippen molar-refractivity contribution in [2.45, 2.75) is 64.5 Å². The average Bonchev–Trinajstić information content (AvgIpc) is 3.70. The van der Waals surface area contributed by atoms with E-state index < -0.39 is 23.0 Å². The zero-order chi connectivity index (χ0) is 38.8. The Bertz CT molecular complexity index is 1900. The summed E-state index contributed by atoms with van der Waals surface area (Å²) in [6.45, 7) is 7.76. The highest BCUT2D eigenvalue weighted by Gasteiger charge is 2.46. The fourth-order valence-corrected chi connectivity index (χ4v) is 6.67. The monoisotopic (exact) mass is 724 g/mol. The second-order valence-corrected chi connectivity index (χ2v) is 12.9. The number of carbonyl (C=O) groups is 4. The number of carboxylic acid groups (broad SMARTS) is 1. The number of carbonyl (C=O) groups excluding carboxylic acids is 3. The van der Waals surface area contributed by atoms with E-state index in [4.69, 9.17) is 29.8 Å². The predicted molar refractivity (Wildman–Crippen MR) is 201 cm³/mol. The number of aromatic carboxylic acids is 1. The second kappa shape index (κ2) is 17.7. The van der Waals surface area contributed by atoms with Gasteiger partial charge in [-0.25, -0.2) is 9.59 Å². The number of fused-ring (bicyclic) bond motifs is 2. The van der Waals surface area contributed by atoms with Gasteiger partial charge in [-0.15, -0.1) is 0 Å². The lowest BCUT2D eigenvalue weighted by molar-refractivity contribution is -0.150. The maximum atomic E-state index is 13.0. The van der Waals surface area contributed by atoms with Gasteiger partial charge in [-0.1, -0.05) is 60.7 Å². The van der Waals surface area contributed by atoms with Gasteiger partial charge in [0, 0.05) is 42.4 Å². The lowest BCUT2D eigenvalue weighted by atomic mass is 9.94. The quantitative estimate of drug-likeness (QED) is 0.186. The summed E-state index contributed by atoms with van der Waals surface area (Å²) in [5.41, 5.74) is 10.8. The van der Waals surface area contributed by atoms with E-state index in [1.54, 1.807) is 64.3 Å². The number of carboxylic acids is 1. The van der Waals surface area contributed by atoms with Gasteiger partial charge in [-0.2, -0.15) is 0 Å². The average molecular weight is 725 g/mol. The molecule has 0 unspecified atom stereocenters. The number of hydrogen-bond acceptors (Lipinski definition) is 9. The number of nitrogens with two attached hydrogens (primary N) is 1. The first-order valence-corrected chi connectivity index (χ1v) is 17.4. The number of rotatable bonds is 9. The Balaban J connectivity index is 0.000000196. The molecule has 0 saturated carbocycles. The zero-order valence-corrected chi connectivity index (χ0v) is 31.1. The normalized spacial score (nSPS) is 14.1. The van der Waals surface area contributed by atoms with Gasteiger partial charge in [0.2, 0.25) is 0 Å². The molecule has 0 fully saturated rings. The van der Waals surface area contributed by atoms with Crippen molar-refractivity contribution >= 4 is 23.8 Å². The number of nitrogens with one attached hydrogen (secondary N) is 1. The molecular weight excluding hydrogens is 676 g/mol. The van der Waals surface area contributed by atoms with E-state index >= 15 is 0 Å². The maximum absolute atomic E-state index is 13.0. The predicted octanol–water partition coefficient (Wildman–Crippen LogP) is 5.58. The maximum Gasteiger partial charge on any atom is 0.336 e. The molecule has 4 aromatic carbocycles. The molecular formula is C42H48N2O9. The molecule has 11 heteroatoms. The minimum absolute atomic E-state index is 0.269. The van der Waals surface area contributed by atoms with Crippen molar-refractivity contribution < 1.29 is 43.2 Å². The minimum atomic E-state index is -1.08. The molecule has 0 heterocycles. The summed E-state index contributed by atoms with van der Waals surface area (Å²) in [6.07, 6.45) is 2.03. The first kappa shape index (κ1) is 40.1. The summed E-state index contributed by atoms with van der Waals surface area (Å²) in [6, 6.07) is 26.1. The fourth-order valence-electron chi connectivity index (χ4n) is 6.67. The van der Waals surface area contributed by atoms with Crippen LogP contribution in [0.4, 0.5) is 0 Å². The van der Waals surface area contributed by atoms with Crippen molar-refractivity contribution in [3.05, 3.63) is 129 Å². The molecule has 0 aromatic heterocycles. The summed E-state index contributed by atoms with van der Waals surface area (Å²) < 4.78 is 20.6. The van der Waals surface area contributed by atoms with Crippen molar-refractivity contribution in [1.82, 2.24) is 5.32 Å². The number of benzene rings is 4. The van der Waals surface area contributed by atoms with E-state index in [2.05, 4.69) is 5.32 Å². The standard InChI is InChI=1S/C21H23NO4.C12H15NO2.C9H10O3/c1-4-26-20(24)21(12-15-8-5-6-9-16(15)13-21)22-19(23)17-10-7-11-18(25-3)14(17)2;1-2-15-11(14)12(13)7-9-5-3-4-6-10(9)8-12;1-6-7(9(10)11)4-3-5-8(6)12-2/h5-11H,4,12-13H2,1-3H3,(H,22,23);3-6H,2,7-8,13H2,1H3;3-5H,1-2H3,(H,10,11). The third-order valence-electron chi connectivity index (χ3n) is 9.42. The van der Waals surface area contributed by atoms with Crippen LogP contribution in [0, 0.1) is 13.8 Å². The molecule has 0 radical (unpaired) electrons. The first-order valence-electron chi connectivity index (χ1n) is 17.4. The summed E-state index contributed by atoms with van der Waals surface area (Å²) >= 11 is 0. The van der Waals surface area contributed by atoms with E-state index in [0.717, 1.165) is 27.8 Å². The van der Waals surface area contributed by atoms with Crippen LogP contribution < -0.4 is 20.5 Å². The van der Waals surface area contributed by atoms with E-state index in [1.807, 2.05) is 55.5 Å². The Morgan fingerprint density at radius 3 is 1.49 bits per heavy atom.